The summed E-state index contributed by atoms with van der Waals surface area (Å²) in [5.74, 6) is 1.49. The van der Waals surface area contributed by atoms with Gasteiger partial charge in [-0.1, -0.05) is 27.2 Å². The predicted octanol–water partition coefficient (Wildman–Crippen LogP) is 3.35. The quantitative estimate of drug-likeness (QED) is 0.819. The Hall–Kier alpha value is -0.0800. The average Bonchev–Trinajstić information content (AvgIpc) is 2.84. The largest absolute Gasteiger partial charge is 0.381 e. The van der Waals surface area contributed by atoms with Crippen LogP contribution >= 0.6 is 0 Å². The first-order valence-corrected chi connectivity index (χ1v) is 7.34. The van der Waals surface area contributed by atoms with Gasteiger partial charge in [0.1, 0.15) is 0 Å². The molecule has 0 amide bonds. The molecule has 1 aliphatic carbocycles. The molecular formula is C15H29NO. The second kappa shape index (κ2) is 4.89. The maximum atomic E-state index is 6.63. The maximum Gasteiger partial charge on any atom is 0.0512 e. The van der Waals surface area contributed by atoms with Gasteiger partial charge in [0.05, 0.1) is 6.61 Å². The summed E-state index contributed by atoms with van der Waals surface area (Å²) in [6, 6.07) is 0. The molecule has 2 fully saturated rings. The highest BCUT2D eigenvalue weighted by molar-refractivity contribution is 4.98. The van der Waals surface area contributed by atoms with Crippen molar-refractivity contribution in [1.82, 2.24) is 0 Å². The first kappa shape index (κ1) is 13.4. The average molecular weight is 239 g/mol. The van der Waals surface area contributed by atoms with Gasteiger partial charge in [0.2, 0.25) is 0 Å². The van der Waals surface area contributed by atoms with E-state index in [9.17, 15) is 0 Å². The van der Waals surface area contributed by atoms with Crippen LogP contribution in [0.4, 0.5) is 0 Å². The van der Waals surface area contributed by atoms with E-state index < -0.39 is 0 Å². The molecule has 1 heterocycles. The summed E-state index contributed by atoms with van der Waals surface area (Å²) in [7, 11) is 0. The molecule has 0 aromatic carbocycles. The van der Waals surface area contributed by atoms with Gasteiger partial charge in [-0.05, 0) is 43.4 Å². The molecule has 1 aliphatic heterocycles. The molecule has 0 radical (unpaired) electrons. The molecule has 0 aromatic heterocycles. The molecule has 2 nitrogen and oxygen atoms in total. The number of nitrogens with two attached hydrogens (primary N) is 1. The van der Waals surface area contributed by atoms with E-state index in [0.29, 0.717) is 11.3 Å². The summed E-state index contributed by atoms with van der Waals surface area (Å²) < 4.78 is 5.51. The van der Waals surface area contributed by atoms with Crippen molar-refractivity contribution in [2.75, 3.05) is 13.2 Å². The molecule has 0 spiro atoms. The van der Waals surface area contributed by atoms with Crippen molar-refractivity contribution >= 4 is 0 Å². The Morgan fingerprint density at radius 3 is 2.35 bits per heavy atom. The maximum absolute atomic E-state index is 6.63. The van der Waals surface area contributed by atoms with Gasteiger partial charge >= 0.3 is 0 Å². The van der Waals surface area contributed by atoms with Crippen LogP contribution in [-0.2, 0) is 4.74 Å². The van der Waals surface area contributed by atoms with Gasteiger partial charge in [-0.3, -0.25) is 0 Å². The third kappa shape index (κ3) is 2.68. The second-order valence-electron chi connectivity index (χ2n) is 6.91. The van der Waals surface area contributed by atoms with Gasteiger partial charge in [-0.25, -0.2) is 0 Å². The Kier molecular flexibility index (Phi) is 3.84. The van der Waals surface area contributed by atoms with Crippen molar-refractivity contribution in [2.24, 2.45) is 23.0 Å². The van der Waals surface area contributed by atoms with E-state index in [1.165, 1.54) is 38.5 Å². The molecule has 2 N–H and O–H groups in total. The van der Waals surface area contributed by atoms with Crippen LogP contribution in [0.2, 0.25) is 0 Å². The molecule has 1 saturated heterocycles. The molecule has 1 atom stereocenters. The van der Waals surface area contributed by atoms with Crippen molar-refractivity contribution in [3.8, 4) is 0 Å². The van der Waals surface area contributed by atoms with Crippen molar-refractivity contribution < 1.29 is 4.74 Å². The lowest BCUT2D eigenvalue weighted by Gasteiger charge is -2.45. The van der Waals surface area contributed by atoms with Crippen molar-refractivity contribution in [3.63, 3.8) is 0 Å². The second-order valence-corrected chi connectivity index (χ2v) is 6.91. The Labute approximate surface area is 106 Å². The zero-order valence-electron chi connectivity index (χ0n) is 11.8. The van der Waals surface area contributed by atoms with Gasteiger partial charge in [0.25, 0.3) is 0 Å². The minimum atomic E-state index is 0.0802. The third-order valence-corrected chi connectivity index (χ3v) is 5.68. The normalized spacial score (nSPS) is 39.5. The minimum Gasteiger partial charge on any atom is -0.381 e. The molecule has 17 heavy (non-hydrogen) atoms. The van der Waals surface area contributed by atoms with Crippen molar-refractivity contribution in [2.45, 2.75) is 64.8 Å². The first-order valence-electron chi connectivity index (χ1n) is 7.34. The number of rotatable bonds is 3. The summed E-state index contributed by atoms with van der Waals surface area (Å²) in [4.78, 5) is 0. The third-order valence-electron chi connectivity index (χ3n) is 5.68. The van der Waals surface area contributed by atoms with Crippen LogP contribution in [0.1, 0.15) is 59.3 Å². The molecular weight excluding hydrogens is 210 g/mol. The van der Waals surface area contributed by atoms with Gasteiger partial charge in [-0.2, -0.15) is 0 Å². The van der Waals surface area contributed by atoms with E-state index in [-0.39, 0.29) is 5.54 Å². The Balaban J connectivity index is 1.93. The van der Waals surface area contributed by atoms with E-state index in [1.807, 2.05) is 0 Å². The predicted molar refractivity (Wildman–Crippen MR) is 71.9 cm³/mol. The van der Waals surface area contributed by atoms with Crippen LogP contribution in [0.15, 0.2) is 0 Å². The molecule has 2 rings (SSSR count). The fourth-order valence-corrected chi connectivity index (χ4v) is 3.62. The number of hydrogen-bond acceptors (Lipinski definition) is 2. The summed E-state index contributed by atoms with van der Waals surface area (Å²) in [6.45, 7) is 8.97. The summed E-state index contributed by atoms with van der Waals surface area (Å²) in [5.41, 5.74) is 7.21. The van der Waals surface area contributed by atoms with Crippen molar-refractivity contribution in [1.29, 1.82) is 0 Å². The van der Waals surface area contributed by atoms with Crippen LogP contribution < -0.4 is 5.73 Å². The van der Waals surface area contributed by atoms with Gasteiger partial charge in [0.15, 0.2) is 0 Å². The summed E-state index contributed by atoms with van der Waals surface area (Å²) in [6.07, 6.45) is 7.49. The molecule has 1 unspecified atom stereocenters. The lowest BCUT2D eigenvalue weighted by molar-refractivity contribution is 0.0803. The van der Waals surface area contributed by atoms with Gasteiger partial charge in [0, 0.05) is 18.1 Å². The molecule has 2 heteroatoms. The highest BCUT2D eigenvalue weighted by Gasteiger charge is 2.42. The smallest absolute Gasteiger partial charge is 0.0512 e. The highest BCUT2D eigenvalue weighted by atomic mass is 16.5. The first-order chi connectivity index (χ1) is 7.98. The molecule has 0 aromatic rings. The van der Waals surface area contributed by atoms with Gasteiger partial charge < -0.3 is 10.5 Å². The topological polar surface area (TPSA) is 35.2 Å². The molecule has 100 valence electrons. The fourth-order valence-electron chi connectivity index (χ4n) is 3.62. The van der Waals surface area contributed by atoms with Crippen molar-refractivity contribution in [3.05, 3.63) is 0 Å². The summed E-state index contributed by atoms with van der Waals surface area (Å²) >= 11 is 0. The molecule has 2 aliphatic rings. The Bertz CT molecular complexity index is 248. The van der Waals surface area contributed by atoms with E-state index in [4.69, 9.17) is 10.5 Å². The molecule has 0 bridgehead atoms. The lowest BCUT2D eigenvalue weighted by Crippen LogP contribution is -2.51. The zero-order valence-corrected chi connectivity index (χ0v) is 11.8. The lowest BCUT2D eigenvalue weighted by atomic mass is 9.63. The SMILES string of the molecule is CCC(C)(C)C1CCC(N)(C2CCOC2)CC1. The van der Waals surface area contributed by atoms with Crippen LogP contribution in [-0.4, -0.2) is 18.8 Å². The molecule has 1 saturated carbocycles. The van der Waals surface area contributed by atoms with E-state index in [1.54, 1.807) is 0 Å². The monoisotopic (exact) mass is 239 g/mol. The zero-order chi connectivity index (χ0) is 12.5. The standard InChI is InChI=1S/C15H29NO/c1-4-14(2,3)12-5-8-15(16,9-6-12)13-7-10-17-11-13/h12-13H,4-11,16H2,1-3H3. The highest BCUT2D eigenvalue weighted by Crippen LogP contribution is 2.45. The number of ether oxygens (including phenoxy) is 1. The fraction of sp³-hybridized carbons (Fsp3) is 1.00. The number of hydrogen-bond donors (Lipinski definition) is 1. The van der Waals surface area contributed by atoms with E-state index in [0.717, 1.165) is 19.1 Å². The van der Waals surface area contributed by atoms with Gasteiger partial charge in [-0.15, -0.1) is 0 Å². The van der Waals surface area contributed by atoms with Crippen LogP contribution in [0.5, 0.6) is 0 Å². The van der Waals surface area contributed by atoms with E-state index >= 15 is 0 Å². The minimum absolute atomic E-state index is 0.0802. The summed E-state index contributed by atoms with van der Waals surface area (Å²) in [5, 5.41) is 0. The Morgan fingerprint density at radius 2 is 1.88 bits per heavy atom. The van der Waals surface area contributed by atoms with E-state index in [2.05, 4.69) is 20.8 Å². The van der Waals surface area contributed by atoms with Crippen LogP contribution in [0.3, 0.4) is 0 Å². The van der Waals surface area contributed by atoms with Crippen LogP contribution in [0.25, 0.3) is 0 Å². The Morgan fingerprint density at radius 1 is 1.24 bits per heavy atom. The van der Waals surface area contributed by atoms with Crippen LogP contribution in [0, 0.1) is 17.3 Å².